The third-order valence-electron chi connectivity index (χ3n) is 2.02. The molecule has 1 amide bonds. The van der Waals surface area contributed by atoms with Crippen molar-refractivity contribution in [3.8, 4) is 0 Å². The van der Waals surface area contributed by atoms with Crippen LogP contribution in [0.15, 0.2) is 6.20 Å². The van der Waals surface area contributed by atoms with Crippen LogP contribution in [0.1, 0.15) is 18.0 Å². The molecule has 1 N–H and O–H groups in total. The Morgan fingerprint density at radius 1 is 1.75 bits per heavy atom. The van der Waals surface area contributed by atoms with Crippen molar-refractivity contribution in [2.75, 3.05) is 6.54 Å². The Balaban J connectivity index is 2.15. The highest BCUT2D eigenvalue weighted by atomic mass is 16.1. The van der Waals surface area contributed by atoms with Gasteiger partial charge in [-0.25, -0.2) is 0 Å². The van der Waals surface area contributed by atoms with Gasteiger partial charge in [0.2, 0.25) is 5.91 Å². The lowest BCUT2D eigenvalue weighted by atomic mass is 10.1. The Morgan fingerprint density at radius 3 is 3.08 bits per heavy atom. The number of nitrogens with zero attached hydrogens (tertiary/aromatic N) is 3. The van der Waals surface area contributed by atoms with Crippen LogP contribution < -0.4 is 5.32 Å². The average Bonchev–Trinajstić information content (AvgIpc) is 2.58. The minimum atomic E-state index is 0.102. The lowest BCUT2D eigenvalue weighted by Gasteiger charge is -1.98. The van der Waals surface area contributed by atoms with Crippen LogP contribution >= 0.6 is 0 Å². The normalized spacial score (nSPS) is 22.8. The number of aromatic nitrogens is 3. The number of carbonyl (C=O) groups excluding carboxylic acids is 1. The average molecular weight is 166 g/mol. The molecule has 1 aromatic rings. The predicted octanol–water partition coefficient (Wildman–Crippen LogP) is -0.581. The molecule has 1 atom stereocenters. The third-order valence-corrected chi connectivity index (χ3v) is 2.02. The molecule has 0 aliphatic carbocycles. The monoisotopic (exact) mass is 166 g/mol. The quantitative estimate of drug-likeness (QED) is 0.607. The predicted molar refractivity (Wildman–Crippen MR) is 41.4 cm³/mol. The molecule has 1 aromatic heterocycles. The summed E-state index contributed by atoms with van der Waals surface area (Å²) >= 11 is 0. The van der Waals surface area contributed by atoms with Gasteiger partial charge in [-0.05, 0) is 0 Å². The maximum absolute atomic E-state index is 10.9. The second-order valence-corrected chi connectivity index (χ2v) is 3.02. The van der Waals surface area contributed by atoms with Gasteiger partial charge < -0.3 is 5.32 Å². The first-order valence-electron chi connectivity index (χ1n) is 3.88. The molecule has 5 heteroatoms. The van der Waals surface area contributed by atoms with Crippen molar-refractivity contribution in [3.05, 3.63) is 11.9 Å². The Kier molecular flexibility index (Phi) is 1.56. The summed E-state index contributed by atoms with van der Waals surface area (Å²) in [5, 5.41) is 10.5. The first kappa shape index (κ1) is 7.27. The molecule has 1 aliphatic rings. The number of nitrogens with one attached hydrogen (secondary N) is 1. The third kappa shape index (κ3) is 1.17. The fraction of sp³-hybridized carbons (Fsp3) is 0.571. The van der Waals surface area contributed by atoms with Crippen molar-refractivity contribution in [1.29, 1.82) is 0 Å². The van der Waals surface area contributed by atoms with Gasteiger partial charge in [-0.3, -0.25) is 9.48 Å². The van der Waals surface area contributed by atoms with Crippen LogP contribution in [0.2, 0.25) is 0 Å². The van der Waals surface area contributed by atoms with E-state index in [4.69, 9.17) is 0 Å². The molecule has 64 valence electrons. The summed E-state index contributed by atoms with van der Waals surface area (Å²) in [5.41, 5.74) is 0.899. The fourth-order valence-electron chi connectivity index (χ4n) is 1.37. The molecule has 1 saturated heterocycles. The molecule has 5 nitrogen and oxygen atoms in total. The number of hydrogen-bond donors (Lipinski definition) is 1. The van der Waals surface area contributed by atoms with Crippen LogP contribution in [-0.2, 0) is 11.8 Å². The molecule has 0 saturated carbocycles. The molecule has 1 aliphatic heterocycles. The second kappa shape index (κ2) is 2.58. The molecule has 0 radical (unpaired) electrons. The minimum absolute atomic E-state index is 0.102. The van der Waals surface area contributed by atoms with E-state index in [0.29, 0.717) is 13.0 Å². The van der Waals surface area contributed by atoms with Gasteiger partial charge in [0.05, 0.1) is 5.69 Å². The van der Waals surface area contributed by atoms with Crippen molar-refractivity contribution in [2.24, 2.45) is 7.05 Å². The zero-order valence-corrected chi connectivity index (χ0v) is 6.82. The van der Waals surface area contributed by atoms with E-state index in [-0.39, 0.29) is 11.8 Å². The number of hydrogen-bond acceptors (Lipinski definition) is 3. The summed E-state index contributed by atoms with van der Waals surface area (Å²) in [6, 6.07) is 0. The summed E-state index contributed by atoms with van der Waals surface area (Å²) in [7, 11) is 1.82. The maximum Gasteiger partial charge on any atom is 0.220 e. The van der Waals surface area contributed by atoms with Gasteiger partial charge in [0, 0.05) is 32.1 Å². The van der Waals surface area contributed by atoms with Crippen molar-refractivity contribution >= 4 is 5.91 Å². The SMILES string of the molecule is Cn1cc(C2CNC(=O)C2)nn1. The van der Waals surface area contributed by atoms with Crippen molar-refractivity contribution in [3.63, 3.8) is 0 Å². The van der Waals surface area contributed by atoms with Crippen LogP contribution in [-0.4, -0.2) is 27.4 Å². The van der Waals surface area contributed by atoms with E-state index in [2.05, 4.69) is 15.6 Å². The van der Waals surface area contributed by atoms with Gasteiger partial charge in [0.25, 0.3) is 0 Å². The zero-order chi connectivity index (χ0) is 8.55. The van der Waals surface area contributed by atoms with E-state index in [1.807, 2.05) is 13.2 Å². The van der Waals surface area contributed by atoms with E-state index >= 15 is 0 Å². The van der Waals surface area contributed by atoms with Gasteiger partial charge in [0.1, 0.15) is 0 Å². The largest absolute Gasteiger partial charge is 0.355 e. The number of rotatable bonds is 1. The number of aryl methyl sites for hydroxylation is 1. The summed E-state index contributed by atoms with van der Waals surface area (Å²) < 4.78 is 1.65. The summed E-state index contributed by atoms with van der Waals surface area (Å²) in [6.45, 7) is 0.692. The highest BCUT2D eigenvalue weighted by Gasteiger charge is 2.24. The standard InChI is InChI=1S/C7H10N4O/c1-11-4-6(9-10-11)5-2-7(12)8-3-5/h4-5H,2-3H2,1H3,(H,8,12). The van der Waals surface area contributed by atoms with E-state index in [9.17, 15) is 4.79 Å². The first-order chi connectivity index (χ1) is 5.75. The molecule has 0 bridgehead atoms. The molecule has 0 spiro atoms. The first-order valence-corrected chi connectivity index (χ1v) is 3.88. The zero-order valence-electron chi connectivity index (χ0n) is 6.82. The number of amides is 1. The summed E-state index contributed by atoms with van der Waals surface area (Å²) in [5.74, 6) is 0.317. The van der Waals surface area contributed by atoms with Crippen molar-refractivity contribution in [2.45, 2.75) is 12.3 Å². The number of carbonyl (C=O) groups is 1. The van der Waals surface area contributed by atoms with Crippen LogP contribution in [0.3, 0.4) is 0 Å². The van der Waals surface area contributed by atoms with Crippen molar-refractivity contribution in [1.82, 2.24) is 20.3 Å². The van der Waals surface area contributed by atoms with Crippen LogP contribution in [0.25, 0.3) is 0 Å². The van der Waals surface area contributed by atoms with Gasteiger partial charge in [-0.2, -0.15) is 0 Å². The molecule has 12 heavy (non-hydrogen) atoms. The second-order valence-electron chi connectivity index (χ2n) is 3.02. The maximum atomic E-state index is 10.9. The minimum Gasteiger partial charge on any atom is -0.355 e. The molecular weight excluding hydrogens is 156 g/mol. The Bertz CT molecular complexity index is 306. The smallest absolute Gasteiger partial charge is 0.220 e. The summed E-state index contributed by atoms with van der Waals surface area (Å²) in [4.78, 5) is 10.9. The van der Waals surface area contributed by atoms with Gasteiger partial charge in [-0.15, -0.1) is 5.10 Å². The van der Waals surface area contributed by atoms with E-state index in [0.717, 1.165) is 5.69 Å². The van der Waals surface area contributed by atoms with Gasteiger partial charge in [0.15, 0.2) is 0 Å². The van der Waals surface area contributed by atoms with Crippen LogP contribution in [0, 0.1) is 0 Å². The Labute approximate surface area is 69.8 Å². The van der Waals surface area contributed by atoms with Gasteiger partial charge in [-0.1, -0.05) is 5.21 Å². The Morgan fingerprint density at radius 2 is 2.58 bits per heavy atom. The highest BCUT2D eigenvalue weighted by molar-refractivity contribution is 5.79. The van der Waals surface area contributed by atoms with E-state index in [1.54, 1.807) is 4.68 Å². The van der Waals surface area contributed by atoms with E-state index in [1.165, 1.54) is 0 Å². The van der Waals surface area contributed by atoms with Crippen LogP contribution in [0.4, 0.5) is 0 Å². The van der Waals surface area contributed by atoms with Crippen LogP contribution in [0.5, 0.6) is 0 Å². The molecule has 2 rings (SSSR count). The molecular formula is C7H10N4O. The molecule has 0 aromatic carbocycles. The molecule has 2 heterocycles. The van der Waals surface area contributed by atoms with E-state index < -0.39 is 0 Å². The highest BCUT2D eigenvalue weighted by Crippen LogP contribution is 2.19. The fourth-order valence-corrected chi connectivity index (χ4v) is 1.37. The lowest BCUT2D eigenvalue weighted by molar-refractivity contribution is -0.119. The molecule has 1 unspecified atom stereocenters. The van der Waals surface area contributed by atoms with Crippen molar-refractivity contribution < 1.29 is 4.79 Å². The Hall–Kier alpha value is -1.39. The summed E-state index contributed by atoms with van der Waals surface area (Å²) in [6.07, 6.45) is 2.39. The topological polar surface area (TPSA) is 59.8 Å². The van der Waals surface area contributed by atoms with Gasteiger partial charge >= 0.3 is 0 Å². The molecule has 1 fully saturated rings. The lowest BCUT2D eigenvalue weighted by Crippen LogP contribution is -2.13.